The van der Waals surface area contributed by atoms with E-state index >= 15 is 0 Å². The first-order chi connectivity index (χ1) is 7.27. The largest absolute Gasteiger partial charge is 0.301 e. The van der Waals surface area contributed by atoms with Gasteiger partial charge in [-0.05, 0) is 18.6 Å². The van der Waals surface area contributed by atoms with Crippen LogP contribution in [0.5, 0.6) is 0 Å². The van der Waals surface area contributed by atoms with E-state index in [0.717, 1.165) is 18.7 Å². The lowest BCUT2D eigenvalue weighted by molar-refractivity contribution is 0.631. The van der Waals surface area contributed by atoms with Gasteiger partial charge in [-0.25, -0.2) is 9.37 Å². The number of hydrogen-bond acceptors (Lipinski definition) is 1. The molecule has 0 bridgehead atoms. The highest BCUT2D eigenvalue weighted by Crippen LogP contribution is 2.19. The standard InChI is InChI=1S/C11H12ClFN2/c1-2-4-10-14-9(7-12)11-8(13)5-3-6-15(10)11/h3,5-6H,2,4,7H2,1H3. The van der Waals surface area contributed by atoms with Crippen LogP contribution in [-0.2, 0) is 12.3 Å². The molecule has 4 heteroatoms. The van der Waals surface area contributed by atoms with Crippen LogP contribution >= 0.6 is 11.6 Å². The Morgan fingerprint density at radius 3 is 3.00 bits per heavy atom. The zero-order chi connectivity index (χ0) is 10.8. The summed E-state index contributed by atoms with van der Waals surface area (Å²) in [7, 11) is 0. The van der Waals surface area contributed by atoms with E-state index < -0.39 is 0 Å². The van der Waals surface area contributed by atoms with Gasteiger partial charge in [-0.1, -0.05) is 6.92 Å². The van der Waals surface area contributed by atoms with Gasteiger partial charge in [0, 0.05) is 12.6 Å². The first-order valence-corrected chi connectivity index (χ1v) is 5.51. The fourth-order valence-corrected chi connectivity index (χ4v) is 1.92. The number of hydrogen-bond donors (Lipinski definition) is 0. The van der Waals surface area contributed by atoms with Crippen molar-refractivity contribution in [1.82, 2.24) is 9.38 Å². The lowest BCUT2D eigenvalue weighted by atomic mass is 10.3. The lowest BCUT2D eigenvalue weighted by Gasteiger charge is -1.99. The summed E-state index contributed by atoms with van der Waals surface area (Å²) in [6.45, 7) is 2.07. The number of nitrogens with zero attached hydrogens (tertiary/aromatic N) is 2. The molecule has 15 heavy (non-hydrogen) atoms. The molecule has 0 amide bonds. The van der Waals surface area contributed by atoms with E-state index in [1.165, 1.54) is 6.07 Å². The lowest BCUT2D eigenvalue weighted by Crippen LogP contribution is -1.94. The quantitative estimate of drug-likeness (QED) is 0.735. The first-order valence-electron chi connectivity index (χ1n) is 4.98. The van der Waals surface area contributed by atoms with Crippen LogP contribution < -0.4 is 0 Å². The number of fused-ring (bicyclic) bond motifs is 1. The fourth-order valence-electron chi connectivity index (χ4n) is 1.73. The van der Waals surface area contributed by atoms with Crippen molar-refractivity contribution in [2.75, 3.05) is 0 Å². The second kappa shape index (κ2) is 4.19. The van der Waals surface area contributed by atoms with Gasteiger partial charge in [-0.3, -0.25) is 0 Å². The van der Waals surface area contributed by atoms with E-state index in [9.17, 15) is 4.39 Å². The molecule has 0 atom stereocenters. The van der Waals surface area contributed by atoms with Crippen molar-refractivity contribution in [2.45, 2.75) is 25.6 Å². The molecule has 0 saturated heterocycles. The number of rotatable bonds is 3. The molecule has 2 aromatic heterocycles. The van der Waals surface area contributed by atoms with Crippen LogP contribution in [0, 0.1) is 5.82 Å². The maximum atomic E-state index is 13.6. The van der Waals surface area contributed by atoms with Crippen LogP contribution in [-0.4, -0.2) is 9.38 Å². The molecule has 0 spiro atoms. The summed E-state index contributed by atoms with van der Waals surface area (Å²) in [6.07, 6.45) is 3.64. The van der Waals surface area contributed by atoms with E-state index in [1.807, 2.05) is 6.20 Å². The third-order valence-corrected chi connectivity index (χ3v) is 2.61. The number of aryl methyl sites for hydroxylation is 1. The van der Waals surface area contributed by atoms with Crippen molar-refractivity contribution < 1.29 is 4.39 Å². The molecule has 0 saturated carbocycles. The van der Waals surface area contributed by atoms with Crippen LogP contribution in [0.15, 0.2) is 18.3 Å². The van der Waals surface area contributed by atoms with Crippen molar-refractivity contribution in [1.29, 1.82) is 0 Å². The average molecular weight is 227 g/mol. The molecule has 0 aliphatic carbocycles. The Hall–Kier alpha value is -1.09. The summed E-state index contributed by atoms with van der Waals surface area (Å²) in [6, 6.07) is 3.12. The topological polar surface area (TPSA) is 17.3 Å². The number of pyridine rings is 1. The minimum atomic E-state index is -0.261. The second-order valence-electron chi connectivity index (χ2n) is 3.43. The Bertz CT molecular complexity index is 479. The minimum Gasteiger partial charge on any atom is -0.301 e. The normalized spacial score (nSPS) is 11.1. The molecule has 2 heterocycles. The zero-order valence-electron chi connectivity index (χ0n) is 8.50. The van der Waals surface area contributed by atoms with Gasteiger partial charge in [0.1, 0.15) is 17.2 Å². The third kappa shape index (κ3) is 1.72. The highest BCUT2D eigenvalue weighted by Gasteiger charge is 2.12. The third-order valence-electron chi connectivity index (χ3n) is 2.36. The number of imidazole rings is 1. The van der Waals surface area contributed by atoms with Crippen molar-refractivity contribution in [2.24, 2.45) is 0 Å². The Morgan fingerprint density at radius 2 is 2.33 bits per heavy atom. The summed E-state index contributed by atoms with van der Waals surface area (Å²) >= 11 is 5.75. The molecule has 0 aromatic carbocycles. The summed E-state index contributed by atoms with van der Waals surface area (Å²) in [4.78, 5) is 4.35. The van der Waals surface area contributed by atoms with Gasteiger partial charge in [0.05, 0.1) is 11.6 Å². The molecule has 0 radical (unpaired) electrons. The molecule has 0 aliphatic heterocycles. The smallest absolute Gasteiger partial charge is 0.149 e. The van der Waals surface area contributed by atoms with Crippen LogP contribution in [0.1, 0.15) is 24.9 Å². The molecule has 2 aromatic rings. The van der Waals surface area contributed by atoms with Gasteiger partial charge in [0.15, 0.2) is 0 Å². The first kappa shape index (κ1) is 10.4. The van der Waals surface area contributed by atoms with Crippen molar-refractivity contribution >= 4 is 17.1 Å². The maximum Gasteiger partial charge on any atom is 0.149 e. The Morgan fingerprint density at radius 1 is 1.53 bits per heavy atom. The molecule has 0 unspecified atom stereocenters. The summed E-state index contributed by atoms with van der Waals surface area (Å²) < 4.78 is 15.4. The summed E-state index contributed by atoms with van der Waals surface area (Å²) in [5.74, 6) is 0.861. The van der Waals surface area contributed by atoms with E-state index in [-0.39, 0.29) is 11.7 Å². The number of aromatic nitrogens is 2. The van der Waals surface area contributed by atoms with E-state index in [0.29, 0.717) is 11.2 Å². The van der Waals surface area contributed by atoms with E-state index in [1.54, 1.807) is 10.5 Å². The predicted molar refractivity (Wildman–Crippen MR) is 58.7 cm³/mol. The van der Waals surface area contributed by atoms with Crippen LogP contribution in [0.4, 0.5) is 4.39 Å². The fraction of sp³-hybridized carbons (Fsp3) is 0.364. The highest BCUT2D eigenvalue weighted by atomic mass is 35.5. The van der Waals surface area contributed by atoms with Crippen LogP contribution in [0.2, 0.25) is 0 Å². The van der Waals surface area contributed by atoms with Gasteiger partial charge in [-0.2, -0.15) is 0 Å². The molecule has 0 fully saturated rings. The maximum absolute atomic E-state index is 13.6. The SMILES string of the molecule is CCCc1nc(CCl)c2c(F)cccn12. The zero-order valence-corrected chi connectivity index (χ0v) is 9.26. The van der Waals surface area contributed by atoms with Crippen LogP contribution in [0.3, 0.4) is 0 Å². The van der Waals surface area contributed by atoms with Gasteiger partial charge >= 0.3 is 0 Å². The van der Waals surface area contributed by atoms with Gasteiger partial charge in [0.2, 0.25) is 0 Å². The Balaban J connectivity index is 2.69. The van der Waals surface area contributed by atoms with Crippen LogP contribution in [0.25, 0.3) is 5.52 Å². The molecule has 80 valence electrons. The molecule has 0 N–H and O–H groups in total. The summed E-state index contributed by atoms with van der Waals surface area (Å²) in [5.41, 5.74) is 1.13. The van der Waals surface area contributed by atoms with Crippen molar-refractivity contribution in [3.8, 4) is 0 Å². The van der Waals surface area contributed by atoms with Gasteiger partial charge in [0.25, 0.3) is 0 Å². The number of halogens is 2. The Kier molecular flexibility index (Phi) is 2.91. The molecular formula is C11H12ClFN2. The van der Waals surface area contributed by atoms with Gasteiger partial charge < -0.3 is 4.40 Å². The summed E-state index contributed by atoms with van der Waals surface area (Å²) in [5, 5.41) is 0. The monoisotopic (exact) mass is 226 g/mol. The molecular weight excluding hydrogens is 215 g/mol. The molecule has 2 rings (SSSR count). The van der Waals surface area contributed by atoms with Crippen molar-refractivity contribution in [3.05, 3.63) is 35.7 Å². The molecule has 0 aliphatic rings. The average Bonchev–Trinajstić information content (AvgIpc) is 2.59. The van der Waals surface area contributed by atoms with Gasteiger partial charge in [-0.15, -0.1) is 11.6 Å². The Labute approximate surface area is 92.7 Å². The highest BCUT2D eigenvalue weighted by molar-refractivity contribution is 6.17. The minimum absolute atomic E-state index is 0.244. The number of alkyl halides is 1. The molecule has 2 nitrogen and oxygen atoms in total. The van der Waals surface area contributed by atoms with E-state index in [2.05, 4.69) is 11.9 Å². The van der Waals surface area contributed by atoms with Crippen molar-refractivity contribution in [3.63, 3.8) is 0 Å². The van der Waals surface area contributed by atoms with E-state index in [4.69, 9.17) is 11.6 Å². The predicted octanol–water partition coefficient (Wildman–Crippen LogP) is 3.16. The second-order valence-corrected chi connectivity index (χ2v) is 3.70.